The summed E-state index contributed by atoms with van der Waals surface area (Å²) in [6, 6.07) is 9.84. The fraction of sp³-hybridized carbons (Fsp3) is 0.438. The third-order valence-corrected chi connectivity index (χ3v) is 4.08. The molecule has 0 saturated carbocycles. The Morgan fingerprint density at radius 2 is 2.05 bits per heavy atom. The molecule has 0 saturated heterocycles. The number of nitrogens with two attached hydrogens (primary N) is 1. The van der Waals surface area contributed by atoms with Crippen LogP contribution in [0.2, 0.25) is 0 Å². The summed E-state index contributed by atoms with van der Waals surface area (Å²) in [6.07, 6.45) is 4.01. The van der Waals surface area contributed by atoms with Crippen LogP contribution in [0.3, 0.4) is 0 Å². The first-order chi connectivity index (χ1) is 10.2. The summed E-state index contributed by atoms with van der Waals surface area (Å²) < 4.78 is 2.16. The smallest absolute Gasteiger partial charge is 0.122 e. The third kappa shape index (κ3) is 3.50. The molecule has 0 radical (unpaired) electrons. The standard InChI is InChI=1S/C16H22N4O/c17-14(10-13-4-2-1-3-5-13)15(21)11-19-8-9-20-7-6-18-16(20)12-19/h1-7,14-15,21H,8-12,17H2. The van der Waals surface area contributed by atoms with Crippen molar-refractivity contribution in [1.82, 2.24) is 14.5 Å². The second-order valence-corrected chi connectivity index (χ2v) is 5.69. The Morgan fingerprint density at radius 3 is 2.86 bits per heavy atom. The Balaban J connectivity index is 1.53. The van der Waals surface area contributed by atoms with Crippen LogP contribution in [-0.2, 0) is 19.5 Å². The molecule has 2 unspecified atom stereocenters. The number of β-amino-alcohol motifs (C(OH)–C–C–N with tert-alkyl or cyclic N) is 1. The first-order valence-corrected chi connectivity index (χ1v) is 7.42. The highest BCUT2D eigenvalue weighted by atomic mass is 16.3. The van der Waals surface area contributed by atoms with E-state index in [0.717, 1.165) is 25.5 Å². The summed E-state index contributed by atoms with van der Waals surface area (Å²) >= 11 is 0. The number of rotatable bonds is 5. The highest BCUT2D eigenvalue weighted by Crippen LogP contribution is 2.12. The zero-order chi connectivity index (χ0) is 14.7. The molecule has 21 heavy (non-hydrogen) atoms. The lowest BCUT2D eigenvalue weighted by Gasteiger charge is -2.31. The number of aliphatic hydroxyl groups excluding tert-OH is 1. The van der Waals surface area contributed by atoms with E-state index >= 15 is 0 Å². The van der Waals surface area contributed by atoms with Gasteiger partial charge in [-0.15, -0.1) is 0 Å². The van der Waals surface area contributed by atoms with E-state index in [9.17, 15) is 5.11 Å². The van der Waals surface area contributed by atoms with Crippen LogP contribution in [0, 0.1) is 0 Å². The molecule has 0 spiro atoms. The van der Waals surface area contributed by atoms with Gasteiger partial charge < -0.3 is 15.4 Å². The second kappa shape index (κ2) is 6.39. The average Bonchev–Trinajstić information content (AvgIpc) is 2.95. The third-order valence-electron chi connectivity index (χ3n) is 4.08. The van der Waals surface area contributed by atoms with Gasteiger partial charge in [0.1, 0.15) is 5.82 Å². The van der Waals surface area contributed by atoms with Gasteiger partial charge in [0.25, 0.3) is 0 Å². The van der Waals surface area contributed by atoms with Crippen LogP contribution in [0.25, 0.3) is 0 Å². The van der Waals surface area contributed by atoms with Crippen molar-refractivity contribution in [3.63, 3.8) is 0 Å². The van der Waals surface area contributed by atoms with Crippen LogP contribution in [-0.4, -0.2) is 44.8 Å². The van der Waals surface area contributed by atoms with Crippen molar-refractivity contribution in [2.75, 3.05) is 13.1 Å². The van der Waals surface area contributed by atoms with Crippen LogP contribution in [0.4, 0.5) is 0 Å². The Bertz CT molecular complexity index is 569. The zero-order valence-electron chi connectivity index (χ0n) is 12.1. The molecule has 1 aromatic heterocycles. The quantitative estimate of drug-likeness (QED) is 0.846. The Hall–Kier alpha value is -1.69. The van der Waals surface area contributed by atoms with E-state index < -0.39 is 6.10 Å². The predicted molar refractivity (Wildman–Crippen MR) is 81.6 cm³/mol. The molecule has 2 aromatic rings. The fourth-order valence-corrected chi connectivity index (χ4v) is 2.80. The molecule has 1 aromatic carbocycles. The van der Waals surface area contributed by atoms with E-state index in [0.29, 0.717) is 13.0 Å². The van der Waals surface area contributed by atoms with Gasteiger partial charge in [-0.05, 0) is 12.0 Å². The summed E-state index contributed by atoms with van der Waals surface area (Å²) in [4.78, 5) is 6.56. The van der Waals surface area contributed by atoms with Gasteiger partial charge in [0.2, 0.25) is 0 Å². The minimum Gasteiger partial charge on any atom is -0.390 e. The summed E-state index contributed by atoms with van der Waals surface area (Å²) in [5.74, 6) is 1.06. The van der Waals surface area contributed by atoms with E-state index in [1.807, 2.05) is 42.7 Å². The van der Waals surface area contributed by atoms with Crippen LogP contribution in [0.15, 0.2) is 42.7 Å². The van der Waals surface area contributed by atoms with Crippen LogP contribution in [0.1, 0.15) is 11.4 Å². The lowest BCUT2D eigenvalue weighted by atomic mass is 10.0. The molecule has 3 rings (SSSR count). The van der Waals surface area contributed by atoms with Gasteiger partial charge in [0.15, 0.2) is 0 Å². The molecule has 0 amide bonds. The van der Waals surface area contributed by atoms with Gasteiger partial charge >= 0.3 is 0 Å². The van der Waals surface area contributed by atoms with E-state index in [1.54, 1.807) is 0 Å². The SMILES string of the molecule is NC(Cc1ccccc1)C(O)CN1CCn2ccnc2C1. The topological polar surface area (TPSA) is 67.3 Å². The number of hydrogen-bond acceptors (Lipinski definition) is 4. The minimum atomic E-state index is -0.522. The monoisotopic (exact) mass is 286 g/mol. The number of nitrogens with zero attached hydrogens (tertiary/aromatic N) is 3. The molecule has 1 aliphatic heterocycles. The summed E-state index contributed by atoms with van der Waals surface area (Å²) in [5.41, 5.74) is 7.31. The molecular formula is C16H22N4O. The van der Waals surface area contributed by atoms with Gasteiger partial charge in [-0.25, -0.2) is 4.98 Å². The molecule has 1 aliphatic rings. The lowest BCUT2D eigenvalue weighted by Crippen LogP contribution is -2.46. The molecule has 5 nitrogen and oxygen atoms in total. The van der Waals surface area contributed by atoms with Crippen molar-refractivity contribution in [2.24, 2.45) is 5.73 Å². The number of imidazole rings is 1. The highest BCUT2D eigenvalue weighted by Gasteiger charge is 2.22. The average molecular weight is 286 g/mol. The molecule has 0 bridgehead atoms. The maximum Gasteiger partial charge on any atom is 0.122 e. The number of hydrogen-bond donors (Lipinski definition) is 2. The van der Waals surface area contributed by atoms with Crippen molar-refractivity contribution < 1.29 is 5.11 Å². The zero-order valence-corrected chi connectivity index (χ0v) is 12.1. The van der Waals surface area contributed by atoms with Crippen molar-refractivity contribution in [3.05, 3.63) is 54.1 Å². The molecular weight excluding hydrogens is 264 g/mol. The second-order valence-electron chi connectivity index (χ2n) is 5.69. The summed E-state index contributed by atoms with van der Waals surface area (Å²) in [6.45, 7) is 3.23. The van der Waals surface area contributed by atoms with E-state index in [4.69, 9.17) is 5.73 Å². The van der Waals surface area contributed by atoms with Crippen LogP contribution >= 0.6 is 0 Å². The molecule has 112 valence electrons. The molecule has 2 heterocycles. The minimum absolute atomic E-state index is 0.242. The van der Waals surface area contributed by atoms with E-state index in [-0.39, 0.29) is 6.04 Å². The Morgan fingerprint density at radius 1 is 1.24 bits per heavy atom. The molecule has 5 heteroatoms. The van der Waals surface area contributed by atoms with Gasteiger partial charge in [0.05, 0.1) is 12.6 Å². The lowest BCUT2D eigenvalue weighted by molar-refractivity contribution is 0.0775. The van der Waals surface area contributed by atoms with E-state index in [2.05, 4.69) is 14.5 Å². The first-order valence-electron chi connectivity index (χ1n) is 7.42. The van der Waals surface area contributed by atoms with Gasteiger partial charge in [-0.3, -0.25) is 4.90 Å². The maximum absolute atomic E-state index is 10.3. The maximum atomic E-state index is 10.3. The van der Waals surface area contributed by atoms with Crippen molar-refractivity contribution in [2.45, 2.75) is 31.7 Å². The van der Waals surface area contributed by atoms with Crippen LogP contribution in [0.5, 0.6) is 0 Å². The Kier molecular flexibility index (Phi) is 4.34. The van der Waals surface area contributed by atoms with Crippen molar-refractivity contribution >= 4 is 0 Å². The number of fused-ring (bicyclic) bond motifs is 1. The largest absolute Gasteiger partial charge is 0.390 e. The van der Waals surface area contributed by atoms with E-state index in [1.165, 1.54) is 5.56 Å². The number of benzene rings is 1. The number of aromatic nitrogens is 2. The summed E-state index contributed by atoms with van der Waals surface area (Å²) in [7, 11) is 0. The van der Waals surface area contributed by atoms with Crippen molar-refractivity contribution in [1.29, 1.82) is 0 Å². The first kappa shape index (κ1) is 14.3. The molecule has 3 N–H and O–H groups in total. The van der Waals surface area contributed by atoms with Gasteiger partial charge in [0, 0.05) is 38.1 Å². The van der Waals surface area contributed by atoms with Crippen molar-refractivity contribution in [3.8, 4) is 0 Å². The number of aliphatic hydroxyl groups is 1. The fourth-order valence-electron chi connectivity index (χ4n) is 2.80. The van der Waals surface area contributed by atoms with Crippen LogP contribution < -0.4 is 5.73 Å². The summed E-state index contributed by atoms with van der Waals surface area (Å²) in [5, 5.41) is 10.3. The van der Waals surface area contributed by atoms with Gasteiger partial charge in [-0.1, -0.05) is 30.3 Å². The Labute approximate surface area is 125 Å². The molecule has 0 fully saturated rings. The predicted octanol–water partition coefficient (Wildman–Crippen LogP) is 0.630. The molecule has 2 atom stereocenters. The normalized spacial score (nSPS) is 18.2. The molecule has 0 aliphatic carbocycles. The highest BCUT2D eigenvalue weighted by molar-refractivity contribution is 5.16. The van der Waals surface area contributed by atoms with Gasteiger partial charge in [-0.2, -0.15) is 0 Å².